The van der Waals surface area contributed by atoms with Crippen LogP contribution in [0.15, 0.2) is 11.6 Å². The molecule has 3 saturated carbocycles. The number of aliphatic hydroxyl groups is 1. The average Bonchev–Trinajstić information content (AvgIpc) is 2.83. The van der Waals surface area contributed by atoms with Crippen molar-refractivity contribution in [2.45, 2.75) is 118 Å². The van der Waals surface area contributed by atoms with Gasteiger partial charge in [-0.15, -0.1) is 0 Å². The standard InChI is InChI=1S/C30H51NO/c1-25(2)14-16-30(20-32)17-15-28(6)21(22(30)19-25)9-10-24-27(5)12-8-18-31-26(3,4)23(27)11-13-29(24,28)7/h9,22-24,31-32H,8,10-20H2,1-7H3/t22-,23+,24?,27+,28-,29-,30-/m1/s1. The van der Waals surface area contributed by atoms with Gasteiger partial charge in [0.15, 0.2) is 0 Å². The van der Waals surface area contributed by atoms with Gasteiger partial charge in [0.2, 0.25) is 0 Å². The highest BCUT2D eigenvalue weighted by Crippen LogP contribution is 2.74. The topological polar surface area (TPSA) is 32.3 Å². The molecule has 4 fully saturated rings. The second-order valence-corrected chi connectivity index (χ2v) is 15.0. The molecular formula is C30H51NO. The van der Waals surface area contributed by atoms with Crippen molar-refractivity contribution < 1.29 is 5.11 Å². The highest BCUT2D eigenvalue weighted by Gasteiger charge is 2.67. The van der Waals surface area contributed by atoms with Crippen molar-refractivity contribution >= 4 is 0 Å². The lowest BCUT2D eigenvalue weighted by molar-refractivity contribution is -0.161. The van der Waals surface area contributed by atoms with E-state index in [1.807, 2.05) is 0 Å². The molecule has 2 N–H and O–H groups in total. The van der Waals surface area contributed by atoms with Crippen molar-refractivity contribution in [3.8, 4) is 0 Å². The fourth-order valence-electron chi connectivity index (χ4n) is 10.5. The van der Waals surface area contributed by atoms with Gasteiger partial charge in [-0.2, -0.15) is 0 Å². The van der Waals surface area contributed by atoms with E-state index in [9.17, 15) is 5.11 Å². The van der Waals surface area contributed by atoms with Crippen LogP contribution in [0.5, 0.6) is 0 Å². The van der Waals surface area contributed by atoms with Crippen molar-refractivity contribution in [3.63, 3.8) is 0 Å². The van der Waals surface area contributed by atoms with E-state index in [2.05, 4.69) is 59.9 Å². The van der Waals surface area contributed by atoms with Crippen molar-refractivity contribution in [3.05, 3.63) is 11.6 Å². The smallest absolute Gasteiger partial charge is 0.0493 e. The van der Waals surface area contributed by atoms with Crippen LogP contribution < -0.4 is 5.32 Å². The minimum atomic E-state index is 0.152. The molecule has 1 aliphatic heterocycles. The second kappa shape index (κ2) is 7.09. The fraction of sp³-hybridized carbons (Fsp3) is 0.933. The molecule has 1 unspecified atom stereocenters. The van der Waals surface area contributed by atoms with Crippen LogP contribution in [-0.4, -0.2) is 23.8 Å². The lowest BCUT2D eigenvalue weighted by atomic mass is 9.35. The maximum atomic E-state index is 10.7. The van der Waals surface area contributed by atoms with Gasteiger partial charge in [0.1, 0.15) is 0 Å². The monoisotopic (exact) mass is 441 g/mol. The van der Waals surface area contributed by atoms with Crippen LogP contribution in [0.3, 0.4) is 0 Å². The summed E-state index contributed by atoms with van der Waals surface area (Å²) >= 11 is 0. The van der Waals surface area contributed by atoms with Crippen LogP contribution in [-0.2, 0) is 0 Å². The van der Waals surface area contributed by atoms with Crippen molar-refractivity contribution in [1.82, 2.24) is 5.32 Å². The molecule has 0 aromatic rings. The van der Waals surface area contributed by atoms with E-state index in [0.717, 1.165) is 11.8 Å². The van der Waals surface area contributed by atoms with Gasteiger partial charge in [-0.25, -0.2) is 0 Å². The maximum Gasteiger partial charge on any atom is 0.0493 e. The van der Waals surface area contributed by atoms with Crippen LogP contribution in [0.4, 0.5) is 0 Å². The number of aliphatic hydroxyl groups excluding tert-OH is 1. The first kappa shape index (κ1) is 23.4. The van der Waals surface area contributed by atoms with Crippen LogP contribution in [0.1, 0.15) is 113 Å². The molecule has 0 amide bonds. The summed E-state index contributed by atoms with van der Waals surface area (Å²) in [5.41, 5.74) is 3.67. The molecule has 2 nitrogen and oxygen atoms in total. The Morgan fingerprint density at radius 1 is 0.906 bits per heavy atom. The normalized spacial score (nSPS) is 51.9. The van der Waals surface area contributed by atoms with Gasteiger partial charge in [0, 0.05) is 17.6 Å². The average molecular weight is 442 g/mol. The minimum absolute atomic E-state index is 0.152. The first-order valence-electron chi connectivity index (χ1n) is 13.9. The molecular weight excluding hydrogens is 390 g/mol. The Labute approximate surface area is 198 Å². The summed E-state index contributed by atoms with van der Waals surface area (Å²) in [5, 5.41) is 14.6. The quantitative estimate of drug-likeness (QED) is 0.424. The molecule has 0 bridgehead atoms. The number of allylic oxidation sites excluding steroid dienone is 2. The summed E-state index contributed by atoms with van der Waals surface area (Å²) in [6.07, 6.45) is 15.7. The minimum Gasteiger partial charge on any atom is -0.396 e. The Balaban J connectivity index is 1.59. The molecule has 4 aliphatic carbocycles. The number of nitrogens with one attached hydrogen (secondary N) is 1. The molecule has 0 aromatic heterocycles. The first-order valence-corrected chi connectivity index (χ1v) is 13.9. The van der Waals surface area contributed by atoms with E-state index in [-0.39, 0.29) is 11.0 Å². The van der Waals surface area contributed by atoms with E-state index < -0.39 is 0 Å². The van der Waals surface area contributed by atoms with Crippen LogP contribution >= 0.6 is 0 Å². The lowest BCUT2D eigenvalue weighted by Crippen LogP contribution is -2.64. The predicted molar refractivity (Wildman–Crippen MR) is 134 cm³/mol. The Morgan fingerprint density at radius 3 is 2.34 bits per heavy atom. The van der Waals surface area contributed by atoms with Crippen LogP contribution in [0, 0.1) is 44.8 Å². The predicted octanol–water partition coefficient (Wildman–Crippen LogP) is 7.12. The number of fused-ring (bicyclic) bond motifs is 7. The third-order valence-electron chi connectivity index (χ3n) is 12.7. The van der Waals surface area contributed by atoms with Gasteiger partial charge in [-0.3, -0.25) is 0 Å². The SMILES string of the molecule is CC1(C)CC[C@]2(CO)CC[C@]3(C)C(=CCC4[C@@]5(C)CCCNC(C)(C)[C@@H]5CC[C@]43C)[C@H]2C1. The Morgan fingerprint density at radius 2 is 1.62 bits per heavy atom. The zero-order valence-electron chi connectivity index (χ0n) is 22.2. The van der Waals surface area contributed by atoms with Crippen LogP contribution in [0.2, 0.25) is 0 Å². The highest BCUT2D eigenvalue weighted by molar-refractivity contribution is 5.33. The molecule has 5 rings (SSSR count). The van der Waals surface area contributed by atoms with Gasteiger partial charge in [0.25, 0.3) is 0 Å². The van der Waals surface area contributed by atoms with E-state index in [1.54, 1.807) is 5.57 Å². The van der Waals surface area contributed by atoms with Gasteiger partial charge < -0.3 is 10.4 Å². The molecule has 182 valence electrons. The van der Waals surface area contributed by atoms with Gasteiger partial charge in [-0.1, -0.05) is 46.3 Å². The molecule has 1 heterocycles. The molecule has 32 heavy (non-hydrogen) atoms. The third kappa shape index (κ3) is 2.96. The van der Waals surface area contributed by atoms with Crippen LogP contribution in [0.25, 0.3) is 0 Å². The maximum absolute atomic E-state index is 10.7. The molecule has 2 heteroatoms. The Bertz CT molecular complexity index is 797. The zero-order chi connectivity index (χ0) is 23.2. The first-order chi connectivity index (χ1) is 14.8. The zero-order valence-corrected chi connectivity index (χ0v) is 22.2. The number of hydrogen-bond acceptors (Lipinski definition) is 2. The largest absolute Gasteiger partial charge is 0.396 e. The second-order valence-electron chi connectivity index (χ2n) is 15.0. The van der Waals surface area contributed by atoms with Crippen molar-refractivity contribution in [2.24, 2.45) is 44.8 Å². The van der Waals surface area contributed by atoms with Gasteiger partial charge in [0.05, 0.1) is 0 Å². The van der Waals surface area contributed by atoms with E-state index in [1.165, 1.54) is 70.8 Å². The van der Waals surface area contributed by atoms with Crippen molar-refractivity contribution in [2.75, 3.05) is 13.2 Å². The molecule has 1 saturated heterocycles. The Kier molecular flexibility index (Phi) is 5.19. The third-order valence-corrected chi connectivity index (χ3v) is 12.7. The molecule has 5 aliphatic rings. The summed E-state index contributed by atoms with van der Waals surface area (Å²) < 4.78 is 0. The molecule has 0 spiro atoms. The number of hydrogen-bond donors (Lipinski definition) is 2. The summed E-state index contributed by atoms with van der Waals surface area (Å²) in [7, 11) is 0. The summed E-state index contributed by atoms with van der Waals surface area (Å²) in [6.45, 7) is 19.5. The van der Waals surface area contributed by atoms with Gasteiger partial charge >= 0.3 is 0 Å². The summed E-state index contributed by atoms with van der Waals surface area (Å²) in [5.74, 6) is 2.13. The highest BCUT2D eigenvalue weighted by atomic mass is 16.3. The lowest BCUT2D eigenvalue weighted by Gasteiger charge is -2.70. The Hall–Kier alpha value is -0.340. The molecule has 0 radical (unpaired) electrons. The van der Waals surface area contributed by atoms with Crippen molar-refractivity contribution in [1.29, 1.82) is 0 Å². The van der Waals surface area contributed by atoms with Gasteiger partial charge in [-0.05, 0) is 124 Å². The molecule has 0 aromatic carbocycles. The van der Waals surface area contributed by atoms with E-state index in [0.29, 0.717) is 34.2 Å². The van der Waals surface area contributed by atoms with E-state index >= 15 is 0 Å². The fourth-order valence-corrected chi connectivity index (χ4v) is 10.5. The molecule has 7 atom stereocenters. The van der Waals surface area contributed by atoms with E-state index in [4.69, 9.17) is 0 Å². The summed E-state index contributed by atoms with van der Waals surface area (Å²) in [6, 6.07) is 0. The summed E-state index contributed by atoms with van der Waals surface area (Å²) in [4.78, 5) is 0. The number of rotatable bonds is 1.